The normalized spacial score (nSPS) is 17.4. The van der Waals surface area contributed by atoms with Crippen LogP contribution in [0.1, 0.15) is 19.8 Å². The lowest BCUT2D eigenvalue weighted by molar-refractivity contribution is -0.141. The number of Topliss-reactive ketones (excluding diaryl/α,β-unsaturated/α-hetero) is 1. The highest BCUT2D eigenvalue weighted by Crippen LogP contribution is 2.20. The van der Waals surface area contributed by atoms with Crippen molar-refractivity contribution in [2.45, 2.75) is 19.8 Å². The maximum absolute atomic E-state index is 12.3. The molecule has 0 spiro atoms. The van der Waals surface area contributed by atoms with Gasteiger partial charge in [0, 0.05) is 39.4 Å². The Morgan fingerprint density at radius 3 is 2.44 bits per heavy atom. The Hall–Kier alpha value is -1.36. The van der Waals surface area contributed by atoms with Gasteiger partial charge in [-0.3, -0.25) is 4.79 Å². The fraction of sp³-hybridized carbons (Fsp3) is 0.692. The summed E-state index contributed by atoms with van der Waals surface area (Å²) in [7, 11) is 3.55. The van der Waals surface area contributed by atoms with Crippen LogP contribution in [-0.4, -0.2) is 50.6 Å². The molecule has 0 amide bonds. The number of nitrogens with zero attached hydrogens (tertiary/aromatic N) is 1. The standard InChI is InChI=1S/C13H21NO4/c1-4-18-13(16)11(9-14(2)3)12(15)10-5-7-17-8-6-10/h9-10H,4-8H2,1-3H3/b11-9-. The first kappa shape index (κ1) is 14.7. The van der Waals surface area contributed by atoms with Crippen LogP contribution >= 0.6 is 0 Å². The first-order valence-corrected chi connectivity index (χ1v) is 6.23. The highest BCUT2D eigenvalue weighted by atomic mass is 16.5. The average molecular weight is 255 g/mol. The van der Waals surface area contributed by atoms with Crippen LogP contribution in [-0.2, 0) is 19.1 Å². The summed E-state index contributed by atoms with van der Waals surface area (Å²) < 4.78 is 10.2. The van der Waals surface area contributed by atoms with E-state index in [1.807, 2.05) is 0 Å². The van der Waals surface area contributed by atoms with Gasteiger partial charge in [0.05, 0.1) is 6.61 Å². The zero-order valence-electron chi connectivity index (χ0n) is 11.3. The third-order valence-electron chi connectivity index (χ3n) is 2.74. The molecule has 5 heteroatoms. The van der Waals surface area contributed by atoms with E-state index in [0.29, 0.717) is 26.1 Å². The van der Waals surface area contributed by atoms with Crippen molar-refractivity contribution in [2.24, 2.45) is 5.92 Å². The molecule has 5 nitrogen and oxygen atoms in total. The van der Waals surface area contributed by atoms with E-state index in [2.05, 4.69) is 0 Å². The monoisotopic (exact) mass is 255 g/mol. The Morgan fingerprint density at radius 1 is 1.33 bits per heavy atom. The molecule has 1 rings (SSSR count). The Labute approximate surface area is 108 Å². The van der Waals surface area contributed by atoms with E-state index in [1.165, 1.54) is 6.20 Å². The Morgan fingerprint density at radius 2 is 1.94 bits per heavy atom. The van der Waals surface area contributed by atoms with Crippen LogP contribution in [0.2, 0.25) is 0 Å². The number of ketones is 1. The topological polar surface area (TPSA) is 55.8 Å². The van der Waals surface area contributed by atoms with Crippen molar-refractivity contribution in [2.75, 3.05) is 33.9 Å². The maximum atomic E-state index is 12.3. The average Bonchev–Trinajstić information content (AvgIpc) is 2.36. The number of ether oxygens (including phenoxy) is 2. The van der Waals surface area contributed by atoms with Crippen LogP contribution in [0.3, 0.4) is 0 Å². The molecule has 18 heavy (non-hydrogen) atoms. The van der Waals surface area contributed by atoms with E-state index in [-0.39, 0.29) is 23.9 Å². The van der Waals surface area contributed by atoms with E-state index in [0.717, 1.165) is 0 Å². The van der Waals surface area contributed by atoms with Crippen LogP contribution in [0.5, 0.6) is 0 Å². The Bertz CT molecular complexity index is 330. The highest BCUT2D eigenvalue weighted by molar-refractivity contribution is 6.18. The lowest BCUT2D eigenvalue weighted by Gasteiger charge is -2.22. The number of hydrogen-bond acceptors (Lipinski definition) is 5. The molecule has 1 heterocycles. The summed E-state index contributed by atoms with van der Waals surface area (Å²) in [5.74, 6) is -0.803. The second-order valence-electron chi connectivity index (χ2n) is 4.48. The van der Waals surface area contributed by atoms with E-state index >= 15 is 0 Å². The summed E-state index contributed by atoms with van der Waals surface area (Å²) >= 11 is 0. The fourth-order valence-corrected chi connectivity index (χ4v) is 1.86. The van der Waals surface area contributed by atoms with Gasteiger partial charge in [-0.1, -0.05) is 0 Å². The molecule has 0 radical (unpaired) electrons. The molecule has 0 unspecified atom stereocenters. The zero-order chi connectivity index (χ0) is 13.5. The van der Waals surface area contributed by atoms with Crippen LogP contribution in [0.25, 0.3) is 0 Å². The van der Waals surface area contributed by atoms with Gasteiger partial charge in [-0.25, -0.2) is 4.79 Å². The first-order chi connectivity index (χ1) is 8.56. The minimum atomic E-state index is -0.539. The van der Waals surface area contributed by atoms with Crippen molar-refractivity contribution < 1.29 is 19.1 Å². The third-order valence-corrected chi connectivity index (χ3v) is 2.74. The summed E-state index contributed by atoms with van der Waals surface area (Å²) in [6.07, 6.45) is 2.88. The van der Waals surface area contributed by atoms with Gasteiger partial charge >= 0.3 is 5.97 Å². The number of rotatable bonds is 5. The number of carbonyl (C=O) groups excluding carboxylic acids is 2. The van der Waals surface area contributed by atoms with Gasteiger partial charge in [0.15, 0.2) is 5.78 Å². The van der Waals surface area contributed by atoms with Crippen LogP contribution < -0.4 is 0 Å². The molecule has 0 aromatic carbocycles. The lowest BCUT2D eigenvalue weighted by Crippen LogP contribution is -2.29. The summed E-state index contributed by atoms with van der Waals surface area (Å²) in [6.45, 7) is 3.15. The molecule has 0 saturated carbocycles. The van der Waals surface area contributed by atoms with Gasteiger partial charge in [-0.05, 0) is 19.8 Å². The summed E-state index contributed by atoms with van der Waals surface area (Å²) in [4.78, 5) is 25.8. The SMILES string of the molecule is CCOC(=O)/C(=C\N(C)C)C(=O)C1CCOCC1. The molecule has 0 N–H and O–H groups in total. The van der Waals surface area contributed by atoms with Gasteiger partial charge in [-0.15, -0.1) is 0 Å². The summed E-state index contributed by atoms with van der Waals surface area (Å²) in [5.41, 5.74) is 0.133. The van der Waals surface area contributed by atoms with E-state index in [4.69, 9.17) is 9.47 Å². The molecule has 0 bridgehead atoms. The second-order valence-corrected chi connectivity index (χ2v) is 4.48. The van der Waals surface area contributed by atoms with Gasteiger partial charge in [-0.2, -0.15) is 0 Å². The van der Waals surface area contributed by atoms with Crippen molar-refractivity contribution in [3.8, 4) is 0 Å². The first-order valence-electron chi connectivity index (χ1n) is 6.23. The molecule has 1 saturated heterocycles. The van der Waals surface area contributed by atoms with Crippen LogP contribution in [0.15, 0.2) is 11.8 Å². The quantitative estimate of drug-likeness (QED) is 0.317. The van der Waals surface area contributed by atoms with Crippen molar-refractivity contribution in [3.63, 3.8) is 0 Å². The number of hydrogen-bond donors (Lipinski definition) is 0. The second kappa shape index (κ2) is 7.16. The molecule has 0 atom stereocenters. The van der Waals surface area contributed by atoms with E-state index < -0.39 is 5.97 Å². The van der Waals surface area contributed by atoms with Crippen molar-refractivity contribution in [3.05, 3.63) is 11.8 Å². The smallest absolute Gasteiger partial charge is 0.343 e. The Balaban J connectivity index is 2.81. The van der Waals surface area contributed by atoms with Gasteiger partial charge in [0.1, 0.15) is 5.57 Å². The third kappa shape index (κ3) is 4.14. The summed E-state index contributed by atoms with van der Waals surface area (Å²) in [6, 6.07) is 0. The van der Waals surface area contributed by atoms with Crippen molar-refractivity contribution in [1.29, 1.82) is 0 Å². The Kier molecular flexibility index (Phi) is 5.85. The minimum absolute atomic E-state index is 0.130. The predicted octanol–water partition coefficient (Wildman–Crippen LogP) is 0.991. The molecule has 1 fully saturated rings. The van der Waals surface area contributed by atoms with Crippen molar-refractivity contribution >= 4 is 11.8 Å². The molecule has 1 aliphatic rings. The number of esters is 1. The van der Waals surface area contributed by atoms with Gasteiger partial charge < -0.3 is 14.4 Å². The largest absolute Gasteiger partial charge is 0.462 e. The molecule has 0 aliphatic carbocycles. The number of carbonyl (C=O) groups is 2. The highest BCUT2D eigenvalue weighted by Gasteiger charge is 2.29. The minimum Gasteiger partial charge on any atom is -0.462 e. The van der Waals surface area contributed by atoms with Crippen LogP contribution in [0, 0.1) is 5.92 Å². The predicted molar refractivity (Wildman–Crippen MR) is 67.0 cm³/mol. The summed E-state index contributed by atoms with van der Waals surface area (Å²) in [5, 5.41) is 0. The fourth-order valence-electron chi connectivity index (χ4n) is 1.86. The maximum Gasteiger partial charge on any atom is 0.343 e. The molecular formula is C13H21NO4. The molecule has 0 aromatic heterocycles. The van der Waals surface area contributed by atoms with Crippen molar-refractivity contribution in [1.82, 2.24) is 4.90 Å². The van der Waals surface area contributed by atoms with Gasteiger partial charge in [0.25, 0.3) is 0 Å². The molecule has 0 aromatic rings. The zero-order valence-corrected chi connectivity index (χ0v) is 11.3. The molecule has 102 valence electrons. The van der Waals surface area contributed by atoms with Crippen LogP contribution in [0.4, 0.5) is 0 Å². The van der Waals surface area contributed by atoms with Gasteiger partial charge in [0.2, 0.25) is 0 Å². The van der Waals surface area contributed by atoms with E-state index in [1.54, 1.807) is 25.9 Å². The molecule has 1 aliphatic heterocycles. The van der Waals surface area contributed by atoms with E-state index in [9.17, 15) is 9.59 Å². The lowest BCUT2D eigenvalue weighted by atomic mass is 9.91. The molecular weight excluding hydrogens is 234 g/mol.